The highest BCUT2D eigenvalue weighted by molar-refractivity contribution is 9.10. The van der Waals surface area contributed by atoms with E-state index >= 15 is 0 Å². The van der Waals surface area contributed by atoms with Gasteiger partial charge in [-0.1, -0.05) is 24.4 Å². The van der Waals surface area contributed by atoms with E-state index < -0.39 is 15.6 Å². The minimum atomic E-state index is -3.69. The molecule has 2 rings (SSSR count). The van der Waals surface area contributed by atoms with Crippen LogP contribution in [-0.4, -0.2) is 44.0 Å². The molecule has 1 fully saturated rings. The van der Waals surface area contributed by atoms with Gasteiger partial charge in [0.25, 0.3) is 0 Å². The van der Waals surface area contributed by atoms with Crippen LogP contribution in [0.4, 0.5) is 0 Å². The van der Waals surface area contributed by atoms with Gasteiger partial charge in [-0.3, -0.25) is 0 Å². The van der Waals surface area contributed by atoms with Gasteiger partial charge in [-0.05, 0) is 48.0 Å². The normalized spacial score (nSPS) is 19.3. The second-order valence-electron chi connectivity index (χ2n) is 5.29. The third kappa shape index (κ3) is 3.62. The summed E-state index contributed by atoms with van der Waals surface area (Å²) >= 11 is 8.41. The fraction of sp³-hybridized carbons (Fsp3) is 0.462. The van der Waals surface area contributed by atoms with Crippen molar-refractivity contribution in [2.24, 2.45) is 5.73 Å². The summed E-state index contributed by atoms with van der Waals surface area (Å²) in [4.78, 5) is 2.52. The van der Waals surface area contributed by atoms with Crippen LogP contribution < -0.4 is 10.5 Å². The fourth-order valence-corrected chi connectivity index (χ4v) is 5.14. The number of sulfonamides is 1. The molecule has 1 aliphatic heterocycles. The van der Waals surface area contributed by atoms with Crippen molar-refractivity contribution in [1.82, 2.24) is 9.62 Å². The van der Waals surface area contributed by atoms with E-state index in [9.17, 15) is 8.42 Å². The first-order chi connectivity index (χ1) is 9.77. The number of hydrogen-bond donors (Lipinski definition) is 2. The quantitative estimate of drug-likeness (QED) is 0.760. The predicted molar refractivity (Wildman–Crippen MR) is 90.7 cm³/mol. The van der Waals surface area contributed by atoms with E-state index in [2.05, 4.69) is 25.6 Å². The van der Waals surface area contributed by atoms with Crippen molar-refractivity contribution in [2.45, 2.75) is 23.3 Å². The van der Waals surface area contributed by atoms with E-state index in [1.807, 2.05) is 7.05 Å². The standard InChI is InChI=1S/C13H18BrN3O2S2/c1-17-8-6-13(7-9-17,12(15)20)16-21(18,19)11-5-3-2-4-10(11)14/h2-5,16H,6-9H2,1H3,(H2,15,20). The summed E-state index contributed by atoms with van der Waals surface area (Å²) in [5.41, 5.74) is 4.99. The fourth-order valence-electron chi connectivity index (χ4n) is 2.37. The minimum Gasteiger partial charge on any atom is -0.392 e. The number of rotatable bonds is 4. The molecule has 0 atom stereocenters. The van der Waals surface area contributed by atoms with Gasteiger partial charge >= 0.3 is 0 Å². The van der Waals surface area contributed by atoms with E-state index in [4.69, 9.17) is 18.0 Å². The maximum atomic E-state index is 12.6. The summed E-state index contributed by atoms with van der Waals surface area (Å²) in [6, 6.07) is 6.69. The Kier molecular flexibility index (Phi) is 5.04. The molecule has 116 valence electrons. The third-order valence-electron chi connectivity index (χ3n) is 3.77. The highest BCUT2D eigenvalue weighted by Crippen LogP contribution is 2.27. The summed E-state index contributed by atoms with van der Waals surface area (Å²) in [7, 11) is -1.70. The maximum absolute atomic E-state index is 12.6. The van der Waals surface area contributed by atoms with Gasteiger partial charge < -0.3 is 10.6 Å². The van der Waals surface area contributed by atoms with Gasteiger partial charge in [0.1, 0.15) is 0 Å². The molecule has 1 heterocycles. The summed E-state index contributed by atoms with van der Waals surface area (Å²) < 4.78 is 28.5. The smallest absolute Gasteiger partial charge is 0.242 e. The number of hydrogen-bond acceptors (Lipinski definition) is 4. The molecule has 1 aromatic carbocycles. The van der Waals surface area contributed by atoms with E-state index in [1.165, 1.54) is 0 Å². The zero-order valence-electron chi connectivity index (χ0n) is 11.7. The molecule has 3 N–H and O–H groups in total. The molecule has 1 aromatic rings. The van der Waals surface area contributed by atoms with Crippen molar-refractivity contribution in [3.8, 4) is 0 Å². The van der Waals surface area contributed by atoms with Crippen LogP contribution in [0.15, 0.2) is 33.6 Å². The molecule has 0 unspecified atom stereocenters. The van der Waals surface area contributed by atoms with Crippen LogP contribution in [0.25, 0.3) is 0 Å². The lowest BCUT2D eigenvalue weighted by Gasteiger charge is -2.40. The Labute approximate surface area is 139 Å². The van der Waals surface area contributed by atoms with Gasteiger partial charge in [0.2, 0.25) is 10.0 Å². The van der Waals surface area contributed by atoms with E-state index in [0.717, 1.165) is 13.1 Å². The SMILES string of the molecule is CN1CCC(NS(=O)(=O)c2ccccc2Br)(C(N)=S)CC1. The molecule has 0 aliphatic carbocycles. The monoisotopic (exact) mass is 391 g/mol. The summed E-state index contributed by atoms with van der Waals surface area (Å²) in [5, 5.41) is 0. The number of nitrogens with two attached hydrogens (primary N) is 1. The summed E-state index contributed by atoms with van der Waals surface area (Å²) in [6.07, 6.45) is 1.14. The lowest BCUT2D eigenvalue weighted by molar-refractivity contribution is 0.220. The Morgan fingerprint density at radius 2 is 1.95 bits per heavy atom. The molecule has 1 aliphatic rings. The van der Waals surface area contributed by atoms with Crippen LogP contribution in [0, 0.1) is 0 Å². The third-order valence-corrected chi connectivity index (χ3v) is 6.71. The molecule has 0 amide bonds. The van der Waals surface area contributed by atoms with Gasteiger partial charge in [-0.25, -0.2) is 8.42 Å². The Balaban J connectivity index is 2.33. The van der Waals surface area contributed by atoms with Crippen LogP contribution in [0.5, 0.6) is 0 Å². The van der Waals surface area contributed by atoms with Gasteiger partial charge in [-0.15, -0.1) is 0 Å². The van der Waals surface area contributed by atoms with E-state index in [1.54, 1.807) is 24.3 Å². The van der Waals surface area contributed by atoms with Gasteiger partial charge in [0, 0.05) is 17.6 Å². The average Bonchev–Trinajstić information content (AvgIpc) is 2.41. The molecule has 0 saturated carbocycles. The second-order valence-corrected chi connectivity index (χ2v) is 8.23. The number of benzene rings is 1. The van der Waals surface area contributed by atoms with Crippen LogP contribution in [0.2, 0.25) is 0 Å². The van der Waals surface area contributed by atoms with Crippen molar-refractivity contribution in [2.75, 3.05) is 20.1 Å². The number of likely N-dealkylation sites (tertiary alicyclic amines) is 1. The molecular formula is C13H18BrN3O2S2. The number of nitrogens with zero attached hydrogens (tertiary/aromatic N) is 1. The number of thiocarbonyl (C=S) groups is 1. The predicted octanol–water partition coefficient (Wildman–Crippen LogP) is 1.48. The highest BCUT2D eigenvalue weighted by Gasteiger charge is 2.40. The molecule has 1 saturated heterocycles. The molecular weight excluding hydrogens is 374 g/mol. The van der Waals surface area contributed by atoms with Gasteiger partial charge in [0.05, 0.1) is 15.4 Å². The largest absolute Gasteiger partial charge is 0.392 e. The number of halogens is 1. The maximum Gasteiger partial charge on any atom is 0.242 e. The summed E-state index contributed by atoms with van der Waals surface area (Å²) in [5.74, 6) is 0. The van der Waals surface area contributed by atoms with Crippen LogP contribution in [-0.2, 0) is 10.0 Å². The lowest BCUT2D eigenvalue weighted by atomic mass is 9.89. The number of nitrogens with one attached hydrogen (secondary N) is 1. The van der Waals surface area contributed by atoms with Crippen LogP contribution >= 0.6 is 28.1 Å². The van der Waals surface area contributed by atoms with Crippen LogP contribution in [0.3, 0.4) is 0 Å². The first-order valence-electron chi connectivity index (χ1n) is 6.54. The van der Waals surface area contributed by atoms with Crippen molar-refractivity contribution in [1.29, 1.82) is 0 Å². The average molecular weight is 392 g/mol. The molecule has 0 bridgehead atoms. The minimum absolute atomic E-state index is 0.194. The molecule has 21 heavy (non-hydrogen) atoms. The topological polar surface area (TPSA) is 75.4 Å². The van der Waals surface area contributed by atoms with Crippen molar-refractivity contribution >= 4 is 43.2 Å². The van der Waals surface area contributed by atoms with Crippen molar-refractivity contribution in [3.63, 3.8) is 0 Å². The van der Waals surface area contributed by atoms with Crippen molar-refractivity contribution < 1.29 is 8.42 Å². The summed E-state index contributed by atoms with van der Waals surface area (Å²) in [6.45, 7) is 1.49. The van der Waals surface area contributed by atoms with Crippen molar-refractivity contribution in [3.05, 3.63) is 28.7 Å². The van der Waals surface area contributed by atoms with Crippen LogP contribution in [0.1, 0.15) is 12.8 Å². The zero-order chi connectivity index (χ0) is 15.7. The number of piperidine rings is 1. The van der Waals surface area contributed by atoms with Gasteiger partial charge in [-0.2, -0.15) is 4.72 Å². The molecule has 0 aromatic heterocycles. The van der Waals surface area contributed by atoms with Gasteiger partial charge in [0.15, 0.2) is 0 Å². The Morgan fingerprint density at radius 3 is 2.48 bits per heavy atom. The van der Waals surface area contributed by atoms with E-state index in [0.29, 0.717) is 17.3 Å². The van der Waals surface area contributed by atoms with E-state index in [-0.39, 0.29) is 9.88 Å². The first-order valence-corrected chi connectivity index (χ1v) is 9.22. The Bertz CT molecular complexity index is 641. The second kappa shape index (κ2) is 6.29. The Morgan fingerprint density at radius 1 is 1.38 bits per heavy atom. The lowest BCUT2D eigenvalue weighted by Crippen LogP contribution is -2.61. The molecule has 5 nitrogen and oxygen atoms in total. The molecule has 0 spiro atoms. The molecule has 0 radical (unpaired) electrons. The molecule has 8 heteroatoms. The highest BCUT2D eigenvalue weighted by atomic mass is 79.9. The Hall–Kier alpha value is -0.540. The zero-order valence-corrected chi connectivity index (χ0v) is 14.9. The first kappa shape index (κ1) is 16.8.